The molecule has 1 aliphatic heterocycles. The third-order valence-corrected chi connectivity index (χ3v) is 2.61. The minimum atomic E-state index is 0.983. The topological polar surface area (TPSA) is 12.0 Å². The Morgan fingerprint density at radius 2 is 1.77 bits per heavy atom. The number of benzene rings is 1. The first-order valence-electron chi connectivity index (χ1n) is 4.70. The van der Waals surface area contributed by atoms with Crippen molar-refractivity contribution in [3.63, 3.8) is 0 Å². The minimum Gasteiger partial charge on any atom is -0.381 e. The standard InChI is InChI=1S/C12H15N/c1-8-6-11-9(2)4-5-10(3)12(11)13-7-8/h4-6,13H,7H2,1-3H3. The van der Waals surface area contributed by atoms with Crippen molar-refractivity contribution < 1.29 is 0 Å². The van der Waals surface area contributed by atoms with Crippen LogP contribution in [-0.2, 0) is 0 Å². The third kappa shape index (κ3) is 1.35. The zero-order valence-electron chi connectivity index (χ0n) is 8.44. The SMILES string of the molecule is CC1=Cc2c(C)ccc(C)c2NC1. The van der Waals surface area contributed by atoms with Crippen LogP contribution in [0.3, 0.4) is 0 Å². The summed E-state index contributed by atoms with van der Waals surface area (Å²) in [5, 5.41) is 3.45. The predicted molar refractivity (Wildman–Crippen MR) is 58.1 cm³/mol. The summed E-state index contributed by atoms with van der Waals surface area (Å²) in [4.78, 5) is 0. The first-order chi connectivity index (χ1) is 6.18. The van der Waals surface area contributed by atoms with Gasteiger partial charge in [0.25, 0.3) is 0 Å². The normalized spacial score (nSPS) is 14.5. The van der Waals surface area contributed by atoms with Gasteiger partial charge in [-0.1, -0.05) is 23.8 Å². The lowest BCUT2D eigenvalue weighted by atomic mass is 9.97. The number of fused-ring (bicyclic) bond motifs is 1. The molecule has 0 atom stereocenters. The van der Waals surface area contributed by atoms with Crippen LogP contribution >= 0.6 is 0 Å². The van der Waals surface area contributed by atoms with Gasteiger partial charge in [0.15, 0.2) is 0 Å². The van der Waals surface area contributed by atoms with Gasteiger partial charge in [0, 0.05) is 17.8 Å². The number of hydrogen-bond acceptors (Lipinski definition) is 1. The number of rotatable bonds is 0. The van der Waals surface area contributed by atoms with Crippen LogP contribution in [0.2, 0.25) is 0 Å². The van der Waals surface area contributed by atoms with E-state index in [1.54, 1.807) is 0 Å². The quantitative estimate of drug-likeness (QED) is 0.635. The van der Waals surface area contributed by atoms with Gasteiger partial charge in [-0.25, -0.2) is 0 Å². The highest BCUT2D eigenvalue weighted by Gasteiger charge is 2.10. The maximum Gasteiger partial charge on any atom is 0.0448 e. The Kier molecular flexibility index (Phi) is 1.87. The van der Waals surface area contributed by atoms with E-state index in [-0.39, 0.29) is 0 Å². The molecule has 0 radical (unpaired) electrons. The summed E-state index contributed by atoms with van der Waals surface area (Å²) < 4.78 is 0. The summed E-state index contributed by atoms with van der Waals surface area (Å²) in [6, 6.07) is 4.36. The molecule has 1 nitrogen and oxygen atoms in total. The zero-order valence-corrected chi connectivity index (χ0v) is 8.44. The molecule has 0 saturated heterocycles. The fourth-order valence-corrected chi connectivity index (χ4v) is 1.78. The molecular weight excluding hydrogens is 158 g/mol. The molecular formula is C12H15N. The molecule has 0 saturated carbocycles. The van der Waals surface area contributed by atoms with Crippen LogP contribution in [0.15, 0.2) is 17.7 Å². The van der Waals surface area contributed by atoms with E-state index in [1.807, 2.05) is 0 Å². The van der Waals surface area contributed by atoms with Gasteiger partial charge in [0.05, 0.1) is 0 Å². The van der Waals surface area contributed by atoms with E-state index in [4.69, 9.17) is 0 Å². The van der Waals surface area contributed by atoms with Gasteiger partial charge in [0.2, 0.25) is 0 Å². The van der Waals surface area contributed by atoms with Crippen LogP contribution in [0.1, 0.15) is 23.6 Å². The number of nitrogens with one attached hydrogen (secondary N) is 1. The third-order valence-electron chi connectivity index (χ3n) is 2.61. The molecule has 13 heavy (non-hydrogen) atoms. The lowest BCUT2D eigenvalue weighted by molar-refractivity contribution is 1.17. The molecule has 0 aromatic heterocycles. The lowest BCUT2D eigenvalue weighted by Crippen LogP contribution is -2.10. The summed E-state index contributed by atoms with van der Waals surface area (Å²) in [6.07, 6.45) is 2.29. The Morgan fingerprint density at radius 1 is 1.08 bits per heavy atom. The Morgan fingerprint density at radius 3 is 2.54 bits per heavy atom. The van der Waals surface area contributed by atoms with E-state index >= 15 is 0 Å². The van der Waals surface area contributed by atoms with E-state index in [2.05, 4.69) is 44.3 Å². The molecule has 1 N–H and O–H groups in total. The van der Waals surface area contributed by atoms with E-state index in [9.17, 15) is 0 Å². The van der Waals surface area contributed by atoms with Gasteiger partial charge >= 0.3 is 0 Å². The second kappa shape index (κ2) is 2.91. The molecule has 0 amide bonds. The summed E-state index contributed by atoms with van der Waals surface area (Å²) in [5.41, 5.74) is 6.77. The summed E-state index contributed by atoms with van der Waals surface area (Å²) in [6.45, 7) is 7.46. The molecule has 0 spiro atoms. The molecule has 0 fully saturated rings. The molecule has 1 aromatic rings. The van der Waals surface area contributed by atoms with Gasteiger partial charge in [0.1, 0.15) is 0 Å². The maximum absolute atomic E-state index is 3.45. The second-order valence-electron chi connectivity index (χ2n) is 3.83. The van der Waals surface area contributed by atoms with Crippen LogP contribution < -0.4 is 5.32 Å². The van der Waals surface area contributed by atoms with Crippen LogP contribution in [0, 0.1) is 13.8 Å². The van der Waals surface area contributed by atoms with E-state index in [0.29, 0.717) is 0 Å². The smallest absolute Gasteiger partial charge is 0.0448 e. The van der Waals surface area contributed by atoms with E-state index < -0.39 is 0 Å². The highest BCUT2D eigenvalue weighted by molar-refractivity contribution is 5.76. The van der Waals surface area contributed by atoms with Crippen molar-refractivity contribution in [3.05, 3.63) is 34.4 Å². The van der Waals surface area contributed by atoms with Gasteiger partial charge in [-0.05, 0) is 31.9 Å². The summed E-state index contributed by atoms with van der Waals surface area (Å²) in [5.74, 6) is 0. The van der Waals surface area contributed by atoms with Crippen molar-refractivity contribution in [1.82, 2.24) is 0 Å². The molecule has 1 aromatic carbocycles. The summed E-state index contributed by atoms with van der Waals surface area (Å²) in [7, 11) is 0. The first-order valence-corrected chi connectivity index (χ1v) is 4.70. The molecule has 1 aliphatic rings. The fraction of sp³-hybridized carbons (Fsp3) is 0.333. The second-order valence-corrected chi connectivity index (χ2v) is 3.83. The largest absolute Gasteiger partial charge is 0.381 e. The minimum absolute atomic E-state index is 0.983. The molecule has 0 unspecified atom stereocenters. The van der Waals surface area contributed by atoms with Crippen molar-refractivity contribution >= 4 is 11.8 Å². The number of anilines is 1. The Labute approximate surface area is 79.5 Å². The molecule has 0 aliphatic carbocycles. The molecule has 1 heteroatoms. The molecule has 1 heterocycles. The molecule has 68 valence electrons. The predicted octanol–water partition coefficient (Wildman–Crippen LogP) is 3.13. The highest BCUT2D eigenvalue weighted by atomic mass is 14.9. The zero-order chi connectivity index (χ0) is 9.42. The van der Waals surface area contributed by atoms with Crippen molar-refractivity contribution in [3.8, 4) is 0 Å². The molecule has 0 bridgehead atoms. The van der Waals surface area contributed by atoms with Crippen LogP contribution in [0.5, 0.6) is 0 Å². The van der Waals surface area contributed by atoms with E-state index in [1.165, 1.54) is 28.0 Å². The van der Waals surface area contributed by atoms with Crippen molar-refractivity contribution in [2.45, 2.75) is 20.8 Å². The van der Waals surface area contributed by atoms with Crippen molar-refractivity contribution in [2.24, 2.45) is 0 Å². The molecule has 2 rings (SSSR count). The highest BCUT2D eigenvalue weighted by Crippen LogP contribution is 2.29. The lowest BCUT2D eigenvalue weighted by Gasteiger charge is -2.20. The Hall–Kier alpha value is -1.24. The van der Waals surface area contributed by atoms with Crippen molar-refractivity contribution in [2.75, 3.05) is 11.9 Å². The fourth-order valence-electron chi connectivity index (χ4n) is 1.78. The van der Waals surface area contributed by atoms with Crippen molar-refractivity contribution in [1.29, 1.82) is 0 Å². The first kappa shape index (κ1) is 8.36. The monoisotopic (exact) mass is 173 g/mol. The van der Waals surface area contributed by atoms with Crippen LogP contribution in [0.25, 0.3) is 6.08 Å². The average molecular weight is 173 g/mol. The van der Waals surface area contributed by atoms with Gasteiger partial charge in [-0.2, -0.15) is 0 Å². The Balaban J connectivity index is 2.65. The summed E-state index contributed by atoms with van der Waals surface area (Å²) >= 11 is 0. The maximum atomic E-state index is 3.45. The van der Waals surface area contributed by atoms with Gasteiger partial charge < -0.3 is 5.32 Å². The Bertz CT molecular complexity index is 375. The average Bonchev–Trinajstić information content (AvgIpc) is 2.12. The van der Waals surface area contributed by atoms with Gasteiger partial charge in [-0.15, -0.1) is 0 Å². The van der Waals surface area contributed by atoms with E-state index in [0.717, 1.165) is 6.54 Å². The number of aryl methyl sites for hydroxylation is 2. The van der Waals surface area contributed by atoms with Crippen LogP contribution in [0.4, 0.5) is 5.69 Å². The number of hydrogen-bond donors (Lipinski definition) is 1. The van der Waals surface area contributed by atoms with Crippen LogP contribution in [-0.4, -0.2) is 6.54 Å². The van der Waals surface area contributed by atoms with Gasteiger partial charge in [-0.3, -0.25) is 0 Å².